The van der Waals surface area contributed by atoms with Crippen molar-refractivity contribution in [3.63, 3.8) is 0 Å². The number of Topliss-reactive ketones (excluding diaryl/α,β-unsaturated/α-hetero) is 1. The zero-order chi connectivity index (χ0) is 15.0. The normalized spacial score (nSPS) is 20.0. The molecule has 1 aromatic heterocycles. The monoisotopic (exact) mass is 285 g/mol. The Morgan fingerprint density at radius 1 is 1.29 bits per heavy atom. The first kappa shape index (κ1) is 14.3. The van der Waals surface area contributed by atoms with Crippen molar-refractivity contribution < 1.29 is 4.79 Å². The van der Waals surface area contributed by atoms with E-state index >= 15 is 0 Å². The molecule has 1 aliphatic heterocycles. The molecule has 0 unspecified atom stereocenters. The minimum Gasteiger partial charge on any atom is -0.360 e. The van der Waals surface area contributed by atoms with Gasteiger partial charge in [-0.25, -0.2) is 0 Å². The number of hydrogen-bond donors (Lipinski definition) is 1. The Labute approximate surface area is 125 Å². The molecule has 0 aliphatic carbocycles. The van der Waals surface area contributed by atoms with E-state index in [0.717, 1.165) is 36.1 Å². The molecule has 4 nitrogen and oxygen atoms in total. The van der Waals surface area contributed by atoms with E-state index in [1.54, 1.807) is 0 Å². The van der Waals surface area contributed by atoms with Gasteiger partial charge in [-0.15, -0.1) is 0 Å². The molecule has 0 atom stereocenters. The molecule has 0 bridgehead atoms. The van der Waals surface area contributed by atoms with E-state index in [0.29, 0.717) is 6.54 Å². The van der Waals surface area contributed by atoms with Crippen molar-refractivity contribution in [2.45, 2.75) is 19.4 Å². The Kier molecular flexibility index (Phi) is 3.59. The van der Waals surface area contributed by atoms with Gasteiger partial charge in [-0.2, -0.15) is 0 Å². The molecule has 0 amide bonds. The van der Waals surface area contributed by atoms with Crippen molar-refractivity contribution in [3.8, 4) is 0 Å². The molecule has 112 valence electrons. The van der Waals surface area contributed by atoms with Gasteiger partial charge >= 0.3 is 0 Å². The minimum atomic E-state index is 0.124. The van der Waals surface area contributed by atoms with E-state index in [2.05, 4.69) is 35.7 Å². The maximum absolute atomic E-state index is 12.6. The van der Waals surface area contributed by atoms with Crippen LogP contribution in [0, 0.1) is 0 Å². The summed E-state index contributed by atoms with van der Waals surface area (Å²) in [6.45, 7) is 7.85. The summed E-state index contributed by atoms with van der Waals surface area (Å²) in [4.78, 5) is 20.4. The molecule has 0 spiro atoms. The number of para-hydroxylation sites is 1. The molecule has 3 rings (SSSR count). The first-order chi connectivity index (χ1) is 9.97. The fourth-order valence-corrected chi connectivity index (χ4v) is 3.07. The zero-order valence-corrected chi connectivity index (χ0v) is 13.0. The van der Waals surface area contributed by atoms with Crippen LogP contribution < -0.4 is 0 Å². The number of ketones is 1. The van der Waals surface area contributed by atoms with E-state index in [-0.39, 0.29) is 11.3 Å². The van der Waals surface area contributed by atoms with E-state index in [1.165, 1.54) is 0 Å². The number of carbonyl (C=O) groups excluding carboxylic acids is 1. The lowest BCUT2D eigenvalue weighted by Crippen LogP contribution is -2.58. The first-order valence-corrected chi connectivity index (χ1v) is 7.50. The third-order valence-electron chi connectivity index (χ3n) is 4.65. The Morgan fingerprint density at radius 2 is 2.05 bits per heavy atom. The van der Waals surface area contributed by atoms with Gasteiger partial charge in [0.2, 0.25) is 0 Å². The summed E-state index contributed by atoms with van der Waals surface area (Å²) in [5.41, 5.74) is 1.96. The third-order valence-corrected chi connectivity index (χ3v) is 4.65. The molecule has 1 aromatic carbocycles. The molecule has 1 N–H and O–H groups in total. The highest BCUT2D eigenvalue weighted by Crippen LogP contribution is 2.21. The first-order valence-electron chi connectivity index (χ1n) is 7.50. The van der Waals surface area contributed by atoms with Crippen LogP contribution >= 0.6 is 0 Å². The summed E-state index contributed by atoms with van der Waals surface area (Å²) < 4.78 is 0. The van der Waals surface area contributed by atoms with Crippen LogP contribution in [0.3, 0.4) is 0 Å². The maximum atomic E-state index is 12.6. The maximum Gasteiger partial charge on any atom is 0.178 e. The molecule has 1 aliphatic rings. The molecular formula is C17H23N3O. The number of hydrogen-bond acceptors (Lipinski definition) is 3. The number of fused-ring (bicyclic) bond motifs is 1. The Hall–Kier alpha value is -1.65. The summed E-state index contributed by atoms with van der Waals surface area (Å²) in [6, 6.07) is 7.97. The lowest BCUT2D eigenvalue weighted by molar-refractivity contribution is 0.0390. The van der Waals surface area contributed by atoms with Gasteiger partial charge in [0.15, 0.2) is 5.78 Å². The number of carbonyl (C=O) groups is 1. The van der Waals surface area contributed by atoms with Crippen LogP contribution in [0.4, 0.5) is 0 Å². The minimum absolute atomic E-state index is 0.124. The number of rotatable bonds is 3. The average Bonchev–Trinajstić information content (AvgIpc) is 2.86. The Balaban J connectivity index is 1.75. The fraction of sp³-hybridized carbons (Fsp3) is 0.471. The average molecular weight is 285 g/mol. The predicted molar refractivity (Wildman–Crippen MR) is 85.8 cm³/mol. The second kappa shape index (κ2) is 5.28. The molecular weight excluding hydrogens is 262 g/mol. The molecule has 0 radical (unpaired) electrons. The van der Waals surface area contributed by atoms with Crippen molar-refractivity contribution in [1.82, 2.24) is 14.8 Å². The van der Waals surface area contributed by atoms with Crippen molar-refractivity contribution in [2.24, 2.45) is 0 Å². The van der Waals surface area contributed by atoms with Crippen LogP contribution in [0.1, 0.15) is 24.2 Å². The van der Waals surface area contributed by atoms with Gasteiger partial charge < -0.3 is 4.98 Å². The quantitative estimate of drug-likeness (QED) is 0.880. The highest BCUT2D eigenvalue weighted by molar-refractivity contribution is 6.08. The number of H-pyrrole nitrogens is 1. The molecule has 21 heavy (non-hydrogen) atoms. The molecule has 1 fully saturated rings. The summed E-state index contributed by atoms with van der Waals surface area (Å²) in [7, 11) is 2.15. The van der Waals surface area contributed by atoms with Crippen LogP contribution in [-0.4, -0.2) is 59.3 Å². The van der Waals surface area contributed by atoms with Crippen molar-refractivity contribution in [2.75, 3.05) is 33.2 Å². The van der Waals surface area contributed by atoms with Gasteiger partial charge in [0.05, 0.1) is 6.54 Å². The van der Waals surface area contributed by atoms with Gasteiger partial charge in [-0.1, -0.05) is 18.2 Å². The number of nitrogens with zero attached hydrogens (tertiary/aromatic N) is 2. The van der Waals surface area contributed by atoms with Crippen LogP contribution in [0.2, 0.25) is 0 Å². The van der Waals surface area contributed by atoms with Gasteiger partial charge in [0, 0.05) is 47.8 Å². The van der Waals surface area contributed by atoms with Gasteiger partial charge in [-0.05, 0) is 27.0 Å². The number of aromatic amines is 1. The van der Waals surface area contributed by atoms with Crippen LogP contribution in [0.5, 0.6) is 0 Å². The number of aromatic nitrogens is 1. The van der Waals surface area contributed by atoms with E-state index < -0.39 is 0 Å². The van der Waals surface area contributed by atoms with Gasteiger partial charge in [0.1, 0.15) is 0 Å². The second-order valence-corrected chi connectivity index (χ2v) is 6.62. The number of likely N-dealkylation sites (N-methyl/N-ethyl adjacent to an activating group) is 1. The third kappa shape index (κ3) is 2.74. The topological polar surface area (TPSA) is 39.3 Å². The SMILES string of the molecule is CN1CCN(CC(=O)c2c[nH]c3ccccc23)CC1(C)C. The second-order valence-electron chi connectivity index (χ2n) is 6.62. The van der Waals surface area contributed by atoms with Crippen LogP contribution in [0.15, 0.2) is 30.5 Å². The summed E-state index contributed by atoms with van der Waals surface area (Å²) >= 11 is 0. The molecule has 1 saturated heterocycles. The molecule has 2 aromatic rings. The fourth-order valence-electron chi connectivity index (χ4n) is 3.07. The summed E-state index contributed by atoms with van der Waals surface area (Å²) in [5.74, 6) is 0.202. The van der Waals surface area contributed by atoms with Crippen LogP contribution in [-0.2, 0) is 0 Å². The smallest absolute Gasteiger partial charge is 0.178 e. The predicted octanol–water partition coefficient (Wildman–Crippen LogP) is 2.38. The number of nitrogens with one attached hydrogen (secondary N) is 1. The van der Waals surface area contributed by atoms with E-state index in [9.17, 15) is 4.79 Å². The van der Waals surface area contributed by atoms with Crippen molar-refractivity contribution >= 4 is 16.7 Å². The van der Waals surface area contributed by atoms with Crippen molar-refractivity contribution in [1.29, 1.82) is 0 Å². The number of piperazine rings is 1. The molecule has 2 heterocycles. The molecule has 0 saturated carbocycles. The largest absolute Gasteiger partial charge is 0.360 e. The Morgan fingerprint density at radius 3 is 2.81 bits per heavy atom. The number of benzene rings is 1. The lowest BCUT2D eigenvalue weighted by Gasteiger charge is -2.45. The molecule has 4 heteroatoms. The van der Waals surface area contributed by atoms with Gasteiger partial charge in [0.25, 0.3) is 0 Å². The van der Waals surface area contributed by atoms with Crippen molar-refractivity contribution in [3.05, 3.63) is 36.0 Å². The highest BCUT2D eigenvalue weighted by atomic mass is 16.1. The van der Waals surface area contributed by atoms with Gasteiger partial charge in [-0.3, -0.25) is 14.6 Å². The Bertz CT molecular complexity index is 659. The van der Waals surface area contributed by atoms with E-state index in [4.69, 9.17) is 0 Å². The summed E-state index contributed by atoms with van der Waals surface area (Å²) in [5, 5.41) is 1.02. The highest BCUT2D eigenvalue weighted by Gasteiger charge is 2.31. The van der Waals surface area contributed by atoms with E-state index in [1.807, 2.05) is 30.5 Å². The van der Waals surface area contributed by atoms with Crippen LogP contribution in [0.25, 0.3) is 10.9 Å². The lowest BCUT2D eigenvalue weighted by atomic mass is 9.99. The standard InChI is InChI=1S/C17H23N3O/c1-17(2)12-20(9-8-19(17)3)11-16(21)14-10-18-15-7-5-4-6-13(14)15/h4-7,10,18H,8-9,11-12H2,1-3H3. The zero-order valence-electron chi connectivity index (χ0n) is 13.0. The summed E-state index contributed by atoms with van der Waals surface area (Å²) in [6.07, 6.45) is 1.84.